The molecule has 0 aliphatic rings. The van der Waals surface area contributed by atoms with E-state index in [-0.39, 0.29) is 0 Å². The zero-order valence-corrected chi connectivity index (χ0v) is 23.6. The maximum Gasteiger partial charge on any atom is 0.204 e. The Balaban J connectivity index is 1.37. The quantitative estimate of drug-likeness (QED) is 0.126. The van der Waals surface area contributed by atoms with Crippen molar-refractivity contribution < 1.29 is 4.74 Å². The number of rotatable bonds is 18. The topological polar surface area (TPSA) is 52.8 Å². The van der Waals surface area contributed by atoms with Crippen LogP contribution in [0.25, 0.3) is 11.4 Å². The molecule has 5 heteroatoms. The molecule has 1 heterocycles. The molecule has 1 aromatic heterocycles. The van der Waals surface area contributed by atoms with Crippen LogP contribution in [0.3, 0.4) is 0 Å². The summed E-state index contributed by atoms with van der Waals surface area (Å²) < 4.78 is 5.90. The Hall–Kier alpha value is -3.13. The summed E-state index contributed by atoms with van der Waals surface area (Å²) in [6.07, 6.45) is 18.0. The number of hydrogen-bond donors (Lipinski definition) is 0. The van der Waals surface area contributed by atoms with Crippen LogP contribution in [0, 0.1) is 11.8 Å². The van der Waals surface area contributed by atoms with E-state index in [4.69, 9.17) is 4.74 Å². The maximum atomic E-state index is 5.90. The molecular weight excluding hydrogens is 468 g/mol. The predicted molar refractivity (Wildman–Crippen MR) is 157 cm³/mol. The fourth-order valence-corrected chi connectivity index (χ4v) is 4.39. The summed E-state index contributed by atoms with van der Waals surface area (Å²) >= 11 is 0. The summed E-state index contributed by atoms with van der Waals surface area (Å²) in [4.78, 5) is 1.71. The number of benzene rings is 2. The maximum absolute atomic E-state index is 5.90. The zero-order valence-electron chi connectivity index (χ0n) is 23.6. The number of aromatic nitrogens is 4. The highest BCUT2D eigenvalue weighted by Crippen LogP contribution is 2.16. The number of hydrogen-bond acceptors (Lipinski definition) is 4. The summed E-state index contributed by atoms with van der Waals surface area (Å²) in [7, 11) is 0. The SMILES string of the molecule is CCCCCCCCCCOc1ccc(C#Cc2ccc(-c3nnn(CCCCCCCC)n3)cc2)cc1. The Bertz CT molecular complexity index is 1080. The van der Waals surface area contributed by atoms with E-state index in [1.54, 1.807) is 4.80 Å². The molecule has 0 saturated carbocycles. The molecule has 3 aromatic rings. The minimum atomic E-state index is 0.665. The van der Waals surface area contributed by atoms with E-state index in [0.29, 0.717) is 5.82 Å². The van der Waals surface area contributed by atoms with Gasteiger partial charge in [-0.1, -0.05) is 103 Å². The minimum Gasteiger partial charge on any atom is -0.494 e. The molecule has 0 unspecified atom stereocenters. The van der Waals surface area contributed by atoms with Gasteiger partial charge in [-0.05, 0) is 66.6 Å². The van der Waals surface area contributed by atoms with Gasteiger partial charge in [-0.2, -0.15) is 4.80 Å². The molecule has 0 fully saturated rings. The molecule has 204 valence electrons. The molecule has 38 heavy (non-hydrogen) atoms. The van der Waals surface area contributed by atoms with Crippen molar-refractivity contribution in [3.05, 3.63) is 59.7 Å². The molecule has 0 bridgehead atoms. The molecule has 2 aromatic carbocycles. The first-order valence-electron chi connectivity index (χ1n) is 14.9. The van der Waals surface area contributed by atoms with Gasteiger partial charge in [0.15, 0.2) is 0 Å². The van der Waals surface area contributed by atoms with Gasteiger partial charge < -0.3 is 4.74 Å². The van der Waals surface area contributed by atoms with E-state index < -0.39 is 0 Å². The van der Waals surface area contributed by atoms with E-state index in [0.717, 1.165) is 48.4 Å². The Labute approximate surface area is 230 Å². The molecule has 0 aliphatic heterocycles. The number of aryl methyl sites for hydroxylation is 1. The third-order valence-electron chi connectivity index (χ3n) is 6.78. The highest BCUT2D eigenvalue weighted by atomic mass is 16.5. The van der Waals surface area contributed by atoms with Crippen LogP contribution in [0.4, 0.5) is 0 Å². The molecule has 0 spiro atoms. The third-order valence-corrected chi connectivity index (χ3v) is 6.78. The van der Waals surface area contributed by atoms with Gasteiger partial charge in [0, 0.05) is 16.7 Å². The molecule has 3 rings (SSSR count). The lowest BCUT2D eigenvalue weighted by Gasteiger charge is -2.06. The second-order valence-corrected chi connectivity index (χ2v) is 10.2. The van der Waals surface area contributed by atoms with Crippen molar-refractivity contribution in [2.75, 3.05) is 6.61 Å². The Morgan fingerprint density at radius 1 is 0.632 bits per heavy atom. The molecule has 5 nitrogen and oxygen atoms in total. The molecular formula is C33H46N4O. The molecule has 0 radical (unpaired) electrons. The van der Waals surface area contributed by atoms with E-state index in [2.05, 4.69) is 41.1 Å². The number of unbranched alkanes of at least 4 members (excludes halogenated alkanes) is 12. The average Bonchev–Trinajstić information content (AvgIpc) is 3.43. The molecule has 0 aliphatic carbocycles. The Morgan fingerprint density at radius 2 is 1.16 bits per heavy atom. The van der Waals surface area contributed by atoms with Crippen LogP contribution in [0.5, 0.6) is 5.75 Å². The van der Waals surface area contributed by atoms with E-state index in [1.165, 1.54) is 77.0 Å². The normalized spacial score (nSPS) is 10.8. The largest absolute Gasteiger partial charge is 0.494 e. The third kappa shape index (κ3) is 11.5. The van der Waals surface area contributed by atoms with Gasteiger partial charge >= 0.3 is 0 Å². The van der Waals surface area contributed by atoms with Crippen LogP contribution in [-0.2, 0) is 6.54 Å². The van der Waals surface area contributed by atoms with Gasteiger partial charge in [-0.25, -0.2) is 0 Å². The number of tetrazole rings is 1. The van der Waals surface area contributed by atoms with Gasteiger partial charge in [0.2, 0.25) is 5.82 Å². The van der Waals surface area contributed by atoms with Gasteiger partial charge in [-0.3, -0.25) is 0 Å². The first-order chi connectivity index (χ1) is 18.8. The van der Waals surface area contributed by atoms with Crippen LogP contribution >= 0.6 is 0 Å². The van der Waals surface area contributed by atoms with E-state index >= 15 is 0 Å². The van der Waals surface area contributed by atoms with Crippen molar-refractivity contribution in [1.82, 2.24) is 20.2 Å². The molecule has 0 atom stereocenters. The lowest BCUT2D eigenvalue weighted by Crippen LogP contribution is -2.02. The van der Waals surface area contributed by atoms with Crippen molar-refractivity contribution in [2.45, 2.75) is 110 Å². The first-order valence-corrected chi connectivity index (χ1v) is 14.9. The fourth-order valence-electron chi connectivity index (χ4n) is 4.39. The Morgan fingerprint density at radius 3 is 1.76 bits per heavy atom. The number of nitrogens with zero attached hydrogens (tertiary/aromatic N) is 4. The van der Waals surface area contributed by atoms with Crippen molar-refractivity contribution >= 4 is 0 Å². The molecule has 0 N–H and O–H groups in total. The lowest BCUT2D eigenvalue weighted by molar-refractivity contribution is 0.304. The second-order valence-electron chi connectivity index (χ2n) is 10.2. The van der Waals surface area contributed by atoms with Gasteiger partial charge in [-0.15, -0.1) is 10.2 Å². The summed E-state index contributed by atoms with van der Waals surface area (Å²) in [6, 6.07) is 16.1. The average molecular weight is 515 g/mol. The predicted octanol–water partition coefficient (Wildman–Crippen LogP) is 8.62. The smallest absolute Gasteiger partial charge is 0.204 e. The standard InChI is InChI=1S/C33H46N4O/c1-3-5-7-9-11-12-14-16-28-38-32-25-21-30(22-26-32)18-17-29-19-23-31(24-20-29)33-34-36-37(35-33)27-15-13-10-8-6-4-2/h19-26H,3-16,27-28H2,1-2H3. The molecule has 0 saturated heterocycles. The summed E-state index contributed by atoms with van der Waals surface area (Å²) in [5, 5.41) is 13.0. The van der Waals surface area contributed by atoms with Crippen LogP contribution in [0.1, 0.15) is 115 Å². The van der Waals surface area contributed by atoms with E-state index in [9.17, 15) is 0 Å². The van der Waals surface area contributed by atoms with Crippen molar-refractivity contribution in [1.29, 1.82) is 0 Å². The van der Waals surface area contributed by atoms with Gasteiger partial charge in [0.05, 0.1) is 13.2 Å². The summed E-state index contributed by atoms with van der Waals surface area (Å²) in [6.45, 7) is 6.12. The Kier molecular flexibility index (Phi) is 14.1. The summed E-state index contributed by atoms with van der Waals surface area (Å²) in [5.41, 5.74) is 2.90. The van der Waals surface area contributed by atoms with E-state index in [1.807, 2.05) is 48.5 Å². The fraction of sp³-hybridized carbons (Fsp3) is 0.545. The molecule has 0 amide bonds. The number of ether oxygens (including phenoxy) is 1. The van der Waals surface area contributed by atoms with Crippen LogP contribution in [0.2, 0.25) is 0 Å². The zero-order chi connectivity index (χ0) is 26.7. The van der Waals surface area contributed by atoms with Crippen LogP contribution < -0.4 is 4.74 Å². The van der Waals surface area contributed by atoms with Crippen molar-refractivity contribution in [3.63, 3.8) is 0 Å². The van der Waals surface area contributed by atoms with Crippen LogP contribution in [-0.4, -0.2) is 26.8 Å². The highest BCUT2D eigenvalue weighted by molar-refractivity contribution is 5.56. The first kappa shape index (κ1) is 29.4. The summed E-state index contributed by atoms with van der Waals surface area (Å²) in [5.74, 6) is 8.07. The van der Waals surface area contributed by atoms with Gasteiger partial charge in [0.25, 0.3) is 0 Å². The van der Waals surface area contributed by atoms with Crippen molar-refractivity contribution in [2.24, 2.45) is 0 Å². The second kappa shape index (κ2) is 18.2. The highest BCUT2D eigenvalue weighted by Gasteiger charge is 2.05. The monoisotopic (exact) mass is 514 g/mol. The van der Waals surface area contributed by atoms with Crippen LogP contribution in [0.15, 0.2) is 48.5 Å². The van der Waals surface area contributed by atoms with Crippen molar-refractivity contribution in [3.8, 4) is 29.0 Å². The lowest BCUT2D eigenvalue weighted by atomic mass is 10.1. The minimum absolute atomic E-state index is 0.665. The van der Waals surface area contributed by atoms with Gasteiger partial charge in [0.1, 0.15) is 5.75 Å².